The van der Waals surface area contributed by atoms with Gasteiger partial charge in [-0.1, -0.05) is 66.4 Å². The maximum absolute atomic E-state index is 13.1. The fourth-order valence-electron chi connectivity index (χ4n) is 3.22. The monoisotopic (exact) mass is 477 g/mol. The van der Waals surface area contributed by atoms with Crippen LogP contribution >= 0.6 is 11.8 Å². The molecule has 0 spiro atoms. The van der Waals surface area contributed by atoms with Crippen LogP contribution < -0.4 is 0 Å². The highest BCUT2D eigenvalue weighted by Crippen LogP contribution is 2.30. The number of thioether (sulfide) groups is 1. The van der Waals surface area contributed by atoms with Gasteiger partial charge in [0.25, 0.3) is 0 Å². The van der Waals surface area contributed by atoms with Gasteiger partial charge in [0.2, 0.25) is 0 Å². The molecule has 0 saturated heterocycles. The number of halogens is 4. The van der Waals surface area contributed by atoms with E-state index in [4.69, 9.17) is 0 Å². The zero-order valence-electron chi connectivity index (χ0n) is 17.8. The fourth-order valence-corrected chi connectivity index (χ4v) is 3.86. The zero-order valence-corrected chi connectivity index (χ0v) is 18.7. The van der Waals surface area contributed by atoms with E-state index in [1.807, 2.05) is 54.6 Å². The zero-order chi connectivity index (χ0) is 24.0. The third-order valence-electron chi connectivity index (χ3n) is 4.98. The van der Waals surface area contributed by atoms with Gasteiger partial charge in [0.1, 0.15) is 5.82 Å². The normalized spacial score (nSPS) is 12.3. The largest absolute Gasteiger partial charge is 0.416 e. The number of nitrogens with zero attached hydrogens (tertiary/aromatic N) is 1. The molecule has 0 aromatic heterocycles. The molecule has 4 rings (SSSR count). The van der Waals surface area contributed by atoms with Crippen LogP contribution in [0.15, 0.2) is 125 Å². The van der Waals surface area contributed by atoms with Crippen LogP contribution in [0.1, 0.15) is 11.1 Å². The number of allylic oxidation sites excluding steroid dienone is 1. The molecule has 0 atom stereocenters. The van der Waals surface area contributed by atoms with E-state index < -0.39 is 11.7 Å². The quantitative estimate of drug-likeness (QED) is 0.153. The van der Waals surface area contributed by atoms with Gasteiger partial charge in [0.05, 0.1) is 17.0 Å². The molecular formula is C28H19F4NS. The predicted molar refractivity (Wildman–Crippen MR) is 131 cm³/mol. The van der Waals surface area contributed by atoms with E-state index >= 15 is 0 Å². The summed E-state index contributed by atoms with van der Waals surface area (Å²) >= 11 is 1.36. The van der Waals surface area contributed by atoms with Gasteiger partial charge in [0, 0.05) is 10.5 Å². The van der Waals surface area contributed by atoms with Crippen molar-refractivity contribution in [3.8, 4) is 11.1 Å². The van der Waals surface area contributed by atoms with Crippen LogP contribution in [0.2, 0.25) is 0 Å². The Morgan fingerprint density at radius 1 is 0.706 bits per heavy atom. The van der Waals surface area contributed by atoms with E-state index in [0.29, 0.717) is 17.0 Å². The lowest BCUT2D eigenvalue weighted by atomic mass is 10.1. The minimum absolute atomic E-state index is 0.320. The number of alkyl halides is 3. The van der Waals surface area contributed by atoms with Gasteiger partial charge < -0.3 is 0 Å². The Morgan fingerprint density at radius 2 is 1.32 bits per heavy atom. The molecule has 1 nitrogen and oxygen atoms in total. The van der Waals surface area contributed by atoms with Gasteiger partial charge in [-0.25, -0.2) is 9.38 Å². The molecule has 0 unspecified atom stereocenters. The molecule has 0 bridgehead atoms. The number of rotatable bonds is 6. The number of hydrogen-bond donors (Lipinski definition) is 0. The summed E-state index contributed by atoms with van der Waals surface area (Å²) in [6, 6.07) is 28.5. The Bertz CT molecular complexity index is 1280. The van der Waals surface area contributed by atoms with Crippen molar-refractivity contribution < 1.29 is 17.6 Å². The highest BCUT2D eigenvalue weighted by Gasteiger charge is 2.30. The van der Waals surface area contributed by atoms with Gasteiger partial charge in [-0.05, 0) is 71.1 Å². The molecule has 0 aliphatic rings. The molecule has 170 valence electrons. The third kappa shape index (κ3) is 6.23. The molecule has 4 aromatic carbocycles. The van der Waals surface area contributed by atoms with Crippen LogP contribution in [0.3, 0.4) is 0 Å². The van der Waals surface area contributed by atoms with Gasteiger partial charge in [-0.3, -0.25) is 0 Å². The van der Waals surface area contributed by atoms with Crippen molar-refractivity contribution in [1.29, 1.82) is 0 Å². The van der Waals surface area contributed by atoms with Crippen LogP contribution in [-0.4, -0.2) is 5.71 Å². The van der Waals surface area contributed by atoms with E-state index in [-0.39, 0.29) is 5.82 Å². The van der Waals surface area contributed by atoms with Crippen molar-refractivity contribution in [3.63, 3.8) is 0 Å². The molecule has 0 fully saturated rings. The van der Waals surface area contributed by atoms with Crippen molar-refractivity contribution in [1.82, 2.24) is 0 Å². The minimum atomic E-state index is -4.41. The molecule has 0 heterocycles. The summed E-state index contributed by atoms with van der Waals surface area (Å²) in [5, 5.41) is 1.78. The van der Waals surface area contributed by atoms with Gasteiger partial charge >= 0.3 is 6.18 Å². The number of hydrogen-bond acceptors (Lipinski definition) is 2. The Labute approximate surface area is 199 Å². The summed E-state index contributed by atoms with van der Waals surface area (Å²) in [4.78, 5) is 5.51. The van der Waals surface area contributed by atoms with Crippen LogP contribution in [0.25, 0.3) is 11.1 Å². The minimum Gasteiger partial charge on any atom is -0.248 e. The van der Waals surface area contributed by atoms with E-state index in [0.717, 1.165) is 28.2 Å². The molecule has 4 aromatic rings. The van der Waals surface area contributed by atoms with Gasteiger partial charge in [-0.15, -0.1) is 0 Å². The van der Waals surface area contributed by atoms with Crippen molar-refractivity contribution in [2.24, 2.45) is 4.99 Å². The molecule has 6 heteroatoms. The van der Waals surface area contributed by atoms with E-state index in [1.165, 1.54) is 36.0 Å². The SMILES string of the molecule is Fc1ccc(S/C=C/C(=Nc2ccc(-c3ccccc3)cc2)c2ccc(C(F)(F)F)cc2)cc1. The Hall–Kier alpha value is -3.64. The second-order valence-corrected chi connectivity index (χ2v) is 8.34. The van der Waals surface area contributed by atoms with Crippen molar-refractivity contribution in [2.45, 2.75) is 11.1 Å². The maximum Gasteiger partial charge on any atom is 0.416 e. The summed E-state index contributed by atoms with van der Waals surface area (Å²) in [6.45, 7) is 0. The molecule has 0 amide bonds. The smallest absolute Gasteiger partial charge is 0.248 e. The summed E-state index contributed by atoms with van der Waals surface area (Å²) in [6.07, 6.45) is -2.67. The number of aliphatic imine (C=N–C) groups is 1. The first-order valence-electron chi connectivity index (χ1n) is 10.4. The molecule has 34 heavy (non-hydrogen) atoms. The van der Waals surface area contributed by atoms with E-state index in [1.54, 1.807) is 23.6 Å². The van der Waals surface area contributed by atoms with Crippen LogP contribution in [0.4, 0.5) is 23.2 Å². The average Bonchev–Trinajstić information content (AvgIpc) is 2.85. The molecular weight excluding hydrogens is 458 g/mol. The molecule has 0 aliphatic carbocycles. The number of benzene rings is 4. The second-order valence-electron chi connectivity index (χ2n) is 7.36. The molecule has 0 aliphatic heterocycles. The standard InChI is InChI=1S/C28H19F4NS/c29-24-12-16-26(17-13-24)34-19-18-27(22-6-10-23(11-7-22)28(30,31)32)33-25-14-8-21(9-15-25)20-4-2-1-3-5-20/h1-19H/b19-18+,33-27?. The average molecular weight is 478 g/mol. The topological polar surface area (TPSA) is 12.4 Å². The van der Waals surface area contributed by atoms with Crippen LogP contribution in [0.5, 0.6) is 0 Å². The Morgan fingerprint density at radius 3 is 1.94 bits per heavy atom. The molecule has 0 radical (unpaired) electrons. The lowest BCUT2D eigenvalue weighted by Gasteiger charge is -2.08. The van der Waals surface area contributed by atoms with E-state index in [9.17, 15) is 17.6 Å². The van der Waals surface area contributed by atoms with Gasteiger partial charge in [-0.2, -0.15) is 13.2 Å². The Kier molecular flexibility index (Phi) is 7.28. The van der Waals surface area contributed by atoms with E-state index in [2.05, 4.69) is 4.99 Å². The van der Waals surface area contributed by atoms with Crippen LogP contribution in [0, 0.1) is 5.82 Å². The van der Waals surface area contributed by atoms with Crippen LogP contribution in [-0.2, 0) is 6.18 Å². The highest BCUT2D eigenvalue weighted by atomic mass is 32.2. The van der Waals surface area contributed by atoms with Gasteiger partial charge in [0.15, 0.2) is 0 Å². The summed E-state index contributed by atoms with van der Waals surface area (Å²) in [7, 11) is 0. The van der Waals surface area contributed by atoms with Crippen molar-refractivity contribution >= 4 is 23.2 Å². The summed E-state index contributed by atoms with van der Waals surface area (Å²) < 4.78 is 52.1. The van der Waals surface area contributed by atoms with Crippen molar-refractivity contribution in [2.75, 3.05) is 0 Å². The molecule has 0 N–H and O–H groups in total. The Balaban J connectivity index is 1.63. The van der Waals surface area contributed by atoms with Crippen molar-refractivity contribution in [3.05, 3.63) is 132 Å². The second kappa shape index (κ2) is 10.5. The molecule has 0 saturated carbocycles. The first-order chi connectivity index (χ1) is 16.4. The maximum atomic E-state index is 13.1. The third-order valence-corrected chi connectivity index (χ3v) is 5.79. The lowest BCUT2D eigenvalue weighted by molar-refractivity contribution is -0.137. The summed E-state index contributed by atoms with van der Waals surface area (Å²) in [5.74, 6) is -0.320. The first-order valence-corrected chi connectivity index (χ1v) is 11.3. The summed E-state index contributed by atoms with van der Waals surface area (Å²) in [5.41, 5.74) is 3.14. The first kappa shape index (κ1) is 23.5. The lowest BCUT2D eigenvalue weighted by Crippen LogP contribution is -2.05. The fraction of sp³-hybridized carbons (Fsp3) is 0.0357. The predicted octanol–water partition coefficient (Wildman–Crippen LogP) is 8.94. The highest BCUT2D eigenvalue weighted by molar-refractivity contribution is 8.02.